The molecule has 29 heavy (non-hydrogen) atoms. The third-order valence-electron chi connectivity index (χ3n) is 7.48. The quantitative estimate of drug-likeness (QED) is 0.552. The Balaban J connectivity index is 1.47. The molecular formula is C26H35ClN2. The van der Waals surface area contributed by atoms with Crippen LogP contribution in [0.2, 0.25) is 5.02 Å². The van der Waals surface area contributed by atoms with Crippen LogP contribution in [-0.2, 0) is 12.0 Å². The van der Waals surface area contributed by atoms with Crippen molar-refractivity contribution in [2.24, 2.45) is 5.92 Å². The molecule has 156 valence electrons. The lowest BCUT2D eigenvalue weighted by atomic mass is 9.69. The molecule has 2 saturated carbocycles. The Bertz CT molecular complexity index is 786. The fourth-order valence-corrected chi connectivity index (χ4v) is 5.70. The smallest absolute Gasteiger partial charge is 0.0464 e. The largest absolute Gasteiger partial charge is 0.303 e. The van der Waals surface area contributed by atoms with E-state index >= 15 is 0 Å². The molecule has 2 nitrogen and oxygen atoms in total. The van der Waals surface area contributed by atoms with Crippen molar-refractivity contribution in [3.63, 3.8) is 0 Å². The van der Waals surface area contributed by atoms with E-state index in [-0.39, 0.29) is 5.54 Å². The van der Waals surface area contributed by atoms with Crippen molar-refractivity contribution in [1.29, 1.82) is 0 Å². The Kier molecular flexibility index (Phi) is 6.34. The maximum atomic E-state index is 6.21. The van der Waals surface area contributed by atoms with Crippen LogP contribution in [0.4, 0.5) is 0 Å². The lowest BCUT2D eigenvalue weighted by molar-refractivity contribution is 0.00440. The second kappa shape index (κ2) is 8.79. The van der Waals surface area contributed by atoms with Gasteiger partial charge in [-0.25, -0.2) is 0 Å². The monoisotopic (exact) mass is 410 g/mol. The van der Waals surface area contributed by atoms with E-state index in [1.165, 1.54) is 43.2 Å². The minimum absolute atomic E-state index is 0.155. The minimum Gasteiger partial charge on any atom is -0.303 e. The molecule has 2 aromatic rings. The number of hydrogen-bond donors (Lipinski definition) is 0. The number of likely N-dealkylation sites (N-methyl/N-ethyl adjacent to an activating group) is 1. The molecule has 0 bridgehead atoms. The lowest BCUT2D eigenvalue weighted by Gasteiger charge is -2.51. The van der Waals surface area contributed by atoms with Crippen LogP contribution < -0.4 is 0 Å². The Hall–Kier alpha value is -1.35. The average Bonchev–Trinajstić information content (AvgIpc) is 3.58. The highest BCUT2D eigenvalue weighted by Crippen LogP contribution is 2.48. The topological polar surface area (TPSA) is 6.48 Å². The van der Waals surface area contributed by atoms with Crippen molar-refractivity contribution in [1.82, 2.24) is 9.80 Å². The Morgan fingerprint density at radius 3 is 2.28 bits per heavy atom. The zero-order chi connectivity index (χ0) is 20.4. The summed E-state index contributed by atoms with van der Waals surface area (Å²) >= 11 is 6.21. The molecule has 4 rings (SSSR count). The zero-order valence-corrected chi connectivity index (χ0v) is 18.9. The molecule has 3 atom stereocenters. The van der Waals surface area contributed by atoms with Gasteiger partial charge in [0.25, 0.3) is 0 Å². The van der Waals surface area contributed by atoms with Crippen molar-refractivity contribution in [3.8, 4) is 0 Å². The highest BCUT2D eigenvalue weighted by molar-refractivity contribution is 6.30. The van der Waals surface area contributed by atoms with Crippen molar-refractivity contribution < 1.29 is 0 Å². The maximum absolute atomic E-state index is 6.21. The molecule has 0 heterocycles. The van der Waals surface area contributed by atoms with Gasteiger partial charge in [0.15, 0.2) is 0 Å². The Morgan fingerprint density at radius 1 is 0.966 bits per heavy atom. The summed E-state index contributed by atoms with van der Waals surface area (Å²) in [6.45, 7) is 3.60. The molecule has 0 N–H and O–H groups in total. The highest BCUT2D eigenvalue weighted by Gasteiger charge is 2.47. The van der Waals surface area contributed by atoms with Gasteiger partial charge in [-0.1, -0.05) is 61.0 Å². The number of nitrogens with zero attached hydrogens (tertiary/aromatic N) is 2. The summed E-state index contributed by atoms with van der Waals surface area (Å²) in [4.78, 5) is 5.31. The van der Waals surface area contributed by atoms with E-state index in [2.05, 4.69) is 85.4 Å². The van der Waals surface area contributed by atoms with E-state index in [1.54, 1.807) is 0 Å². The first-order valence-corrected chi connectivity index (χ1v) is 11.6. The summed E-state index contributed by atoms with van der Waals surface area (Å²) < 4.78 is 0. The van der Waals surface area contributed by atoms with Gasteiger partial charge in [-0.2, -0.15) is 0 Å². The number of hydrogen-bond acceptors (Lipinski definition) is 2. The molecule has 0 spiro atoms. The van der Waals surface area contributed by atoms with E-state index in [9.17, 15) is 0 Å². The maximum Gasteiger partial charge on any atom is 0.0464 e. The predicted molar refractivity (Wildman–Crippen MR) is 123 cm³/mol. The van der Waals surface area contributed by atoms with E-state index in [4.69, 9.17) is 11.6 Å². The zero-order valence-electron chi connectivity index (χ0n) is 18.2. The number of benzene rings is 2. The van der Waals surface area contributed by atoms with Crippen molar-refractivity contribution in [2.45, 2.75) is 63.1 Å². The SMILES string of the molecule is CC1CC(c2ccc(Cl)cc2)(N(C)C2CC2)CCC1N(C)CCc1ccccc1. The summed E-state index contributed by atoms with van der Waals surface area (Å²) in [5, 5.41) is 0.834. The molecule has 2 aliphatic rings. The molecule has 0 amide bonds. The third-order valence-corrected chi connectivity index (χ3v) is 7.74. The average molecular weight is 411 g/mol. The summed E-state index contributed by atoms with van der Waals surface area (Å²) in [5.74, 6) is 0.668. The number of halogens is 1. The van der Waals surface area contributed by atoms with Gasteiger partial charge in [-0.05, 0) is 81.8 Å². The van der Waals surface area contributed by atoms with E-state index < -0.39 is 0 Å². The van der Waals surface area contributed by atoms with Crippen LogP contribution in [0, 0.1) is 5.92 Å². The van der Waals surface area contributed by atoms with Gasteiger partial charge in [0.1, 0.15) is 0 Å². The van der Waals surface area contributed by atoms with Gasteiger partial charge in [-0.15, -0.1) is 0 Å². The normalized spacial score (nSPS) is 27.5. The molecule has 2 aromatic carbocycles. The van der Waals surface area contributed by atoms with Crippen LogP contribution in [-0.4, -0.2) is 42.5 Å². The molecule has 0 aromatic heterocycles. The van der Waals surface area contributed by atoms with Gasteiger partial charge in [0.2, 0.25) is 0 Å². The summed E-state index contributed by atoms with van der Waals surface area (Å²) in [6, 6.07) is 21.0. The van der Waals surface area contributed by atoms with E-state index in [0.717, 1.165) is 24.0 Å². The van der Waals surface area contributed by atoms with E-state index in [1.807, 2.05) is 0 Å². The standard InChI is InChI=1S/C26H35ClN2/c1-20-19-26(29(3)24-13-14-24,22-9-11-23(27)12-10-22)17-15-25(20)28(2)18-16-21-7-5-4-6-8-21/h4-12,20,24-25H,13-19H2,1-3H3. The fourth-order valence-electron chi connectivity index (χ4n) is 5.57. The molecule has 2 fully saturated rings. The van der Waals surface area contributed by atoms with Crippen LogP contribution in [0.3, 0.4) is 0 Å². The van der Waals surface area contributed by atoms with Crippen LogP contribution in [0.1, 0.15) is 50.2 Å². The van der Waals surface area contributed by atoms with E-state index in [0.29, 0.717) is 12.0 Å². The Morgan fingerprint density at radius 2 is 1.66 bits per heavy atom. The van der Waals surface area contributed by atoms with Crippen LogP contribution in [0.15, 0.2) is 54.6 Å². The van der Waals surface area contributed by atoms with Crippen molar-refractivity contribution in [2.75, 3.05) is 20.6 Å². The van der Waals surface area contributed by atoms with Crippen molar-refractivity contribution in [3.05, 3.63) is 70.7 Å². The first-order valence-electron chi connectivity index (χ1n) is 11.2. The van der Waals surface area contributed by atoms with Crippen LogP contribution in [0.25, 0.3) is 0 Å². The van der Waals surface area contributed by atoms with Crippen molar-refractivity contribution >= 4 is 11.6 Å². The number of rotatable bonds is 7. The van der Waals surface area contributed by atoms with Gasteiger partial charge in [-0.3, -0.25) is 4.90 Å². The summed E-state index contributed by atoms with van der Waals surface area (Å²) in [5.41, 5.74) is 3.04. The van der Waals surface area contributed by atoms with Gasteiger partial charge in [0, 0.05) is 29.2 Å². The van der Waals surface area contributed by atoms with Gasteiger partial charge in [0.05, 0.1) is 0 Å². The lowest BCUT2D eigenvalue weighted by Crippen LogP contribution is -2.53. The Labute approximate surface area is 181 Å². The second-order valence-corrected chi connectivity index (χ2v) is 9.82. The molecule has 2 aliphatic carbocycles. The van der Waals surface area contributed by atoms with Crippen LogP contribution in [0.5, 0.6) is 0 Å². The predicted octanol–water partition coefficient (Wildman–Crippen LogP) is 5.99. The fraction of sp³-hybridized carbons (Fsp3) is 0.538. The first-order chi connectivity index (χ1) is 14.0. The highest BCUT2D eigenvalue weighted by atomic mass is 35.5. The molecule has 0 saturated heterocycles. The molecule has 3 unspecified atom stereocenters. The molecule has 0 radical (unpaired) electrons. The van der Waals surface area contributed by atoms with Crippen LogP contribution >= 0.6 is 11.6 Å². The first kappa shape index (κ1) is 20.9. The summed E-state index contributed by atoms with van der Waals surface area (Å²) in [6.07, 6.45) is 7.53. The minimum atomic E-state index is 0.155. The summed E-state index contributed by atoms with van der Waals surface area (Å²) in [7, 11) is 4.68. The van der Waals surface area contributed by atoms with Gasteiger partial charge < -0.3 is 4.90 Å². The molecule has 0 aliphatic heterocycles. The van der Waals surface area contributed by atoms with Gasteiger partial charge >= 0.3 is 0 Å². The second-order valence-electron chi connectivity index (χ2n) is 9.38. The third kappa shape index (κ3) is 4.55. The molecule has 3 heteroatoms. The molecular weight excluding hydrogens is 376 g/mol.